The van der Waals surface area contributed by atoms with Crippen molar-refractivity contribution in [2.24, 2.45) is 5.73 Å². The summed E-state index contributed by atoms with van der Waals surface area (Å²) in [5, 5.41) is 28.9. The molecule has 1 aromatic rings. The summed E-state index contributed by atoms with van der Waals surface area (Å²) >= 11 is 0. The fourth-order valence-electron chi connectivity index (χ4n) is 1.73. The Morgan fingerprint density at radius 1 is 1.44 bits per heavy atom. The van der Waals surface area contributed by atoms with Crippen molar-refractivity contribution in [3.63, 3.8) is 0 Å². The van der Waals surface area contributed by atoms with E-state index in [2.05, 4.69) is 5.32 Å². The van der Waals surface area contributed by atoms with Gasteiger partial charge < -0.3 is 21.3 Å². The predicted octanol–water partition coefficient (Wildman–Crippen LogP) is 0.754. The van der Waals surface area contributed by atoms with Crippen molar-refractivity contribution >= 4 is 17.7 Å². The number of nitrogens with two attached hydrogens (primary N) is 1. The number of phenols is 2. The quantitative estimate of drug-likeness (QED) is 0.287. The molecule has 7 nitrogen and oxygen atoms in total. The zero-order valence-electron chi connectivity index (χ0n) is 10.4. The van der Waals surface area contributed by atoms with Gasteiger partial charge in [0.05, 0.1) is 5.69 Å². The third kappa shape index (κ3) is 2.15. The Kier molecular flexibility index (Phi) is 3.65. The van der Waals surface area contributed by atoms with Gasteiger partial charge in [0, 0.05) is 12.6 Å². The second kappa shape index (κ2) is 4.82. The monoisotopic (exact) mass is 252 g/mol. The van der Waals surface area contributed by atoms with Crippen LogP contribution in [0.3, 0.4) is 0 Å². The predicted molar refractivity (Wildman–Crippen MR) is 68.1 cm³/mol. The normalized spacial score (nSPS) is 9.94. The Morgan fingerprint density at radius 2 is 2.00 bits per heavy atom. The lowest BCUT2D eigenvalue weighted by atomic mass is 10.1. The fraction of sp³-hybridized carbons (Fsp3) is 0.273. The molecule has 0 bridgehead atoms. The van der Waals surface area contributed by atoms with Crippen LogP contribution < -0.4 is 16.0 Å². The van der Waals surface area contributed by atoms with Gasteiger partial charge in [-0.3, -0.25) is 5.41 Å². The molecule has 0 aliphatic heterocycles. The summed E-state index contributed by atoms with van der Waals surface area (Å²) in [7, 11) is 1.41. The van der Waals surface area contributed by atoms with Crippen molar-refractivity contribution < 1.29 is 15.0 Å². The molecule has 0 unspecified atom stereocenters. The van der Waals surface area contributed by atoms with Crippen molar-refractivity contribution in [3.05, 3.63) is 17.2 Å². The largest absolute Gasteiger partial charge is 0.504 e. The van der Waals surface area contributed by atoms with Crippen molar-refractivity contribution in [2.75, 3.05) is 11.9 Å². The highest BCUT2D eigenvalue weighted by Crippen LogP contribution is 2.38. The molecule has 0 spiro atoms. The van der Waals surface area contributed by atoms with Crippen LogP contribution in [0.15, 0.2) is 6.07 Å². The number of rotatable bonds is 1. The number of nitrogens with zero attached hydrogens (tertiary/aromatic N) is 1. The molecule has 0 aliphatic carbocycles. The van der Waals surface area contributed by atoms with Crippen LogP contribution in [0.25, 0.3) is 0 Å². The summed E-state index contributed by atoms with van der Waals surface area (Å²) in [4.78, 5) is 12.6. The Balaban J connectivity index is 3.51. The third-order valence-electron chi connectivity index (χ3n) is 2.56. The maximum absolute atomic E-state index is 11.7. The average molecular weight is 252 g/mol. The Hall–Kier alpha value is -2.44. The fourth-order valence-corrected chi connectivity index (χ4v) is 1.73. The van der Waals surface area contributed by atoms with Gasteiger partial charge in [0.25, 0.3) is 0 Å². The molecule has 2 amide bonds. The van der Waals surface area contributed by atoms with Crippen LogP contribution in [0.1, 0.15) is 11.1 Å². The van der Waals surface area contributed by atoms with E-state index in [-0.39, 0.29) is 22.7 Å². The van der Waals surface area contributed by atoms with Gasteiger partial charge in [0.1, 0.15) is 0 Å². The molecule has 1 aromatic carbocycles. The first kappa shape index (κ1) is 13.6. The zero-order chi connectivity index (χ0) is 14.0. The van der Waals surface area contributed by atoms with E-state index in [1.165, 1.54) is 20.0 Å². The molecule has 0 fully saturated rings. The van der Waals surface area contributed by atoms with Crippen LogP contribution in [0.5, 0.6) is 11.5 Å². The van der Waals surface area contributed by atoms with Crippen molar-refractivity contribution in [3.8, 4) is 11.5 Å². The van der Waals surface area contributed by atoms with Crippen LogP contribution in [0.4, 0.5) is 10.5 Å². The van der Waals surface area contributed by atoms with Crippen LogP contribution in [-0.2, 0) is 0 Å². The number of aryl methyl sites for hydroxylation is 1. The molecule has 7 heteroatoms. The van der Waals surface area contributed by atoms with Crippen LogP contribution in [0, 0.1) is 19.3 Å². The number of hydrogen-bond donors (Lipinski definition) is 5. The summed E-state index contributed by atoms with van der Waals surface area (Å²) in [5.74, 6) is -1.11. The highest BCUT2D eigenvalue weighted by Gasteiger charge is 2.24. The number of phenolic OH excluding ortho intramolecular Hbond substituents is 2. The molecule has 1 rings (SSSR count). The first-order chi connectivity index (χ1) is 8.31. The molecule has 0 aliphatic rings. The third-order valence-corrected chi connectivity index (χ3v) is 2.56. The number of urea groups is 1. The van der Waals surface area contributed by atoms with E-state index in [0.717, 1.165) is 4.90 Å². The zero-order valence-corrected chi connectivity index (χ0v) is 10.4. The van der Waals surface area contributed by atoms with Crippen molar-refractivity contribution in [1.29, 1.82) is 5.41 Å². The Morgan fingerprint density at radius 3 is 2.44 bits per heavy atom. The molecule has 6 N–H and O–H groups in total. The van der Waals surface area contributed by atoms with Gasteiger partial charge in [0.2, 0.25) is 5.96 Å². The van der Waals surface area contributed by atoms with Gasteiger partial charge in [0.15, 0.2) is 11.5 Å². The van der Waals surface area contributed by atoms with Gasteiger partial charge in [-0.15, -0.1) is 0 Å². The standard InChI is InChI=1S/C11H16N4O3/c1-5-4-7(16)9(17)6(2)8(5)15(10(12)13)11(18)14-3/h4,16-17H,1-3H3,(H3,12,13)(H,14,18). The Labute approximate surface area is 104 Å². The van der Waals surface area contributed by atoms with Crippen molar-refractivity contribution in [2.45, 2.75) is 13.8 Å². The number of amides is 2. The first-order valence-corrected chi connectivity index (χ1v) is 5.19. The number of carbonyl (C=O) groups is 1. The minimum absolute atomic E-state index is 0.270. The van der Waals surface area contributed by atoms with E-state index in [1.807, 2.05) is 0 Å². The Bertz CT molecular complexity index is 514. The van der Waals surface area contributed by atoms with Crippen molar-refractivity contribution in [1.82, 2.24) is 5.32 Å². The summed E-state index contributed by atoms with van der Waals surface area (Å²) in [5.41, 5.74) is 6.44. The maximum atomic E-state index is 11.7. The lowest BCUT2D eigenvalue weighted by molar-refractivity contribution is 0.251. The minimum atomic E-state index is -0.598. The highest BCUT2D eigenvalue weighted by molar-refractivity contribution is 6.15. The van der Waals surface area contributed by atoms with Crippen LogP contribution in [-0.4, -0.2) is 29.3 Å². The van der Waals surface area contributed by atoms with Gasteiger partial charge in [-0.1, -0.05) is 0 Å². The molecule has 0 aromatic heterocycles. The van der Waals surface area contributed by atoms with E-state index < -0.39 is 12.0 Å². The average Bonchev–Trinajstić information content (AvgIpc) is 2.30. The molecule has 0 saturated carbocycles. The maximum Gasteiger partial charge on any atom is 0.328 e. The molecule has 0 saturated heterocycles. The number of nitrogens with one attached hydrogen (secondary N) is 2. The smallest absolute Gasteiger partial charge is 0.328 e. The van der Waals surface area contributed by atoms with Crippen LogP contribution >= 0.6 is 0 Å². The molecule has 18 heavy (non-hydrogen) atoms. The van der Waals surface area contributed by atoms with E-state index in [0.29, 0.717) is 5.56 Å². The second-order valence-electron chi connectivity index (χ2n) is 3.81. The number of carbonyl (C=O) groups excluding carboxylic acids is 1. The minimum Gasteiger partial charge on any atom is -0.504 e. The molecule has 0 heterocycles. The summed E-state index contributed by atoms with van der Waals surface area (Å²) < 4.78 is 0. The van der Waals surface area contributed by atoms with E-state index >= 15 is 0 Å². The number of anilines is 1. The molecular formula is C11H16N4O3. The second-order valence-corrected chi connectivity index (χ2v) is 3.81. The van der Waals surface area contributed by atoms with E-state index in [9.17, 15) is 15.0 Å². The topological polar surface area (TPSA) is 123 Å². The van der Waals surface area contributed by atoms with Gasteiger partial charge in [-0.25, -0.2) is 9.69 Å². The van der Waals surface area contributed by atoms with Gasteiger partial charge in [-0.2, -0.15) is 0 Å². The van der Waals surface area contributed by atoms with Gasteiger partial charge >= 0.3 is 6.03 Å². The lowest BCUT2D eigenvalue weighted by Gasteiger charge is -2.24. The van der Waals surface area contributed by atoms with E-state index in [1.54, 1.807) is 6.92 Å². The van der Waals surface area contributed by atoms with Gasteiger partial charge in [-0.05, 0) is 25.5 Å². The summed E-state index contributed by atoms with van der Waals surface area (Å²) in [6, 6.07) is 0.704. The molecule has 98 valence electrons. The number of aromatic hydroxyl groups is 2. The first-order valence-electron chi connectivity index (χ1n) is 5.19. The molecular weight excluding hydrogens is 236 g/mol. The van der Waals surface area contributed by atoms with E-state index in [4.69, 9.17) is 11.1 Å². The SMILES string of the molecule is CNC(=O)N(C(=N)N)c1c(C)cc(O)c(O)c1C. The summed E-state index contributed by atoms with van der Waals surface area (Å²) in [6.07, 6.45) is 0. The van der Waals surface area contributed by atoms with Crippen LogP contribution in [0.2, 0.25) is 0 Å². The number of hydrogen-bond acceptors (Lipinski definition) is 4. The number of benzene rings is 1. The molecule has 0 atom stereocenters. The molecule has 0 radical (unpaired) electrons. The summed E-state index contributed by atoms with van der Waals surface area (Å²) in [6.45, 7) is 3.16. The number of guanidine groups is 1. The highest BCUT2D eigenvalue weighted by atomic mass is 16.3. The lowest BCUT2D eigenvalue weighted by Crippen LogP contribution is -2.46.